The molecule has 0 saturated carbocycles. The summed E-state index contributed by atoms with van der Waals surface area (Å²) in [7, 11) is 0. The van der Waals surface area contributed by atoms with E-state index in [4.69, 9.17) is 0 Å². The Kier molecular flexibility index (Phi) is 10.7. The molecule has 0 unspecified atom stereocenters. The van der Waals surface area contributed by atoms with Crippen molar-refractivity contribution in [2.45, 2.75) is 167 Å². The van der Waals surface area contributed by atoms with E-state index in [-0.39, 0.29) is 50.5 Å². The fourth-order valence-electron chi connectivity index (χ4n) is 16.9. The maximum Gasteiger partial charge on any atom is 0.252 e. The molecule has 77 heavy (non-hydrogen) atoms. The van der Waals surface area contributed by atoms with Gasteiger partial charge in [0.15, 0.2) is 0 Å². The number of anilines is 6. The second-order valence-electron chi connectivity index (χ2n) is 28.8. The van der Waals surface area contributed by atoms with E-state index in [0.29, 0.717) is 0 Å². The highest BCUT2D eigenvalue weighted by Gasteiger charge is 2.51. The van der Waals surface area contributed by atoms with Gasteiger partial charge in [-0.25, -0.2) is 0 Å². The molecule has 2 nitrogen and oxygen atoms in total. The molecular weight excluding hydrogens is 928 g/mol. The Morgan fingerprint density at radius 1 is 0.377 bits per heavy atom. The number of hydrogen-bond acceptors (Lipinski definition) is 2. The smallest absolute Gasteiger partial charge is 0.252 e. The molecule has 0 fully saturated rings. The van der Waals surface area contributed by atoms with E-state index in [1.165, 1.54) is 117 Å². The van der Waals surface area contributed by atoms with Crippen LogP contribution in [0.5, 0.6) is 0 Å². The number of aryl methyl sites for hydroxylation is 1. The van der Waals surface area contributed by atoms with Crippen LogP contribution in [-0.2, 0) is 37.9 Å². The molecule has 0 radical (unpaired) electrons. The van der Waals surface area contributed by atoms with Crippen LogP contribution in [0.2, 0.25) is 0 Å². The maximum atomic E-state index is 2.77. The number of nitrogens with zero attached hydrogens (tertiary/aromatic N) is 2. The van der Waals surface area contributed by atoms with Crippen LogP contribution in [0.15, 0.2) is 164 Å². The third-order valence-corrected chi connectivity index (χ3v) is 19.9. The summed E-state index contributed by atoms with van der Waals surface area (Å²) in [4.78, 5) is 5.47. The van der Waals surface area contributed by atoms with Crippen molar-refractivity contribution < 1.29 is 0 Å². The summed E-state index contributed by atoms with van der Waals surface area (Å²) in [5.41, 5.74) is 28.6. The highest BCUT2D eigenvalue weighted by molar-refractivity contribution is 7.00. The van der Waals surface area contributed by atoms with Crippen molar-refractivity contribution in [2.75, 3.05) is 9.80 Å². The first-order chi connectivity index (χ1) is 36.3. The number of benzene rings is 8. The van der Waals surface area contributed by atoms with Crippen molar-refractivity contribution in [3.8, 4) is 0 Å². The standard InChI is InChI=1S/C74H79BN2/c1-46-35-54-57(72(10,11)44-69(54,4)5)41-62(46)77-63-42-58-56(71(8,9)45-73(58,12)13)40-60(63)75-59-38-51(74(14,15)50-29-23-18-24-30-50)31-34-61(59)76(52-32-33-53-55(39-52)70(6,7)43-68(53,2)3)64-36-49(37-65(77)67(64)75)66(47-25-19-16-20-26-47)48-27-21-17-22-28-48/h16-42,66H,43-45H2,1-15H3. The minimum atomic E-state index is -0.245. The van der Waals surface area contributed by atoms with E-state index in [9.17, 15) is 0 Å². The molecule has 0 bridgehead atoms. The molecule has 0 saturated heterocycles. The Hall–Kier alpha value is -6.58. The normalized spacial score (nSPS) is 19.1. The molecule has 2 heterocycles. The lowest BCUT2D eigenvalue weighted by Crippen LogP contribution is -2.62. The zero-order valence-corrected chi connectivity index (χ0v) is 48.8. The molecule has 0 aromatic heterocycles. The molecule has 0 amide bonds. The molecule has 5 aliphatic rings. The van der Waals surface area contributed by atoms with Crippen LogP contribution in [0, 0.1) is 6.92 Å². The van der Waals surface area contributed by atoms with E-state index in [0.717, 1.165) is 19.3 Å². The molecule has 0 atom stereocenters. The molecule has 388 valence electrons. The van der Waals surface area contributed by atoms with Crippen molar-refractivity contribution >= 4 is 57.2 Å². The topological polar surface area (TPSA) is 6.48 Å². The summed E-state index contributed by atoms with van der Waals surface area (Å²) in [6.45, 7) is 36.9. The lowest BCUT2D eigenvalue weighted by Gasteiger charge is -2.46. The zero-order valence-electron chi connectivity index (χ0n) is 48.8. The second kappa shape index (κ2) is 16.5. The van der Waals surface area contributed by atoms with Gasteiger partial charge in [0.1, 0.15) is 0 Å². The van der Waals surface area contributed by atoms with Gasteiger partial charge in [-0.3, -0.25) is 0 Å². The van der Waals surface area contributed by atoms with Crippen LogP contribution in [0.25, 0.3) is 0 Å². The van der Waals surface area contributed by atoms with Crippen molar-refractivity contribution in [1.82, 2.24) is 0 Å². The number of fused-ring (bicyclic) bond motifs is 7. The average Bonchev–Trinajstić information content (AvgIpc) is 3.99. The first-order valence-corrected chi connectivity index (χ1v) is 28.9. The van der Waals surface area contributed by atoms with Gasteiger partial charge < -0.3 is 9.80 Å². The van der Waals surface area contributed by atoms with E-state index in [1.54, 1.807) is 0 Å². The van der Waals surface area contributed by atoms with Gasteiger partial charge in [-0.2, -0.15) is 0 Å². The maximum absolute atomic E-state index is 2.77. The van der Waals surface area contributed by atoms with Gasteiger partial charge in [-0.05, 0) is 184 Å². The third kappa shape index (κ3) is 7.48. The predicted octanol–water partition coefficient (Wildman–Crippen LogP) is 17.5. The summed E-state index contributed by atoms with van der Waals surface area (Å²) in [5.74, 6) is -0.0155. The SMILES string of the molecule is Cc1cc2c(cc1N1c3cc4c(cc3B3c5cc(C(C)(C)c6ccccc6)ccc5N(c5ccc6c(c5)C(C)(C)CC6(C)C)c5cc(C(c6ccccc6)c6ccccc6)cc1c53)C(C)(C)CC4(C)C)C(C)(C)CC2(C)C. The molecule has 8 aromatic rings. The highest BCUT2D eigenvalue weighted by atomic mass is 15.2. The predicted molar refractivity (Wildman–Crippen MR) is 330 cm³/mol. The fraction of sp³-hybridized carbons (Fsp3) is 0.351. The molecule has 2 aliphatic heterocycles. The van der Waals surface area contributed by atoms with Crippen LogP contribution in [0.4, 0.5) is 34.1 Å². The van der Waals surface area contributed by atoms with E-state index >= 15 is 0 Å². The fourth-order valence-corrected chi connectivity index (χ4v) is 16.9. The van der Waals surface area contributed by atoms with Crippen molar-refractivity contribution in [3.63, 3.8) is 0 Å². The average molecular weight is 1010 g/mol. The second-order valence-corrected chi connectivity index (χ2v) is 28.8. The molecule has 0 N–H and O–H groups in total. The molecule has 3 aliphatic carbocycles. The quantitative estimate of drug-likeness (QED) is 0.116. The molecule has 3 heteroatoms. The van der Waals surface area contributed by atoms with Gasteiger partial charge >= 0.3 is 0 Å². The lowest BCUT2D eigenvalue weighted by molar-refractivity contribution is 0.402. The van der Waals surface area contributed by atoms with Crippen LogP contribution in [-0.4, -0.2) is 6.71 Å². The molecule has 0 spiro atoms. The van der Waals surface area contributed by atoms with Crippen molar-refractivity contribution in [2.24, 2.45) is 0 Å². The highest BCUT2D eigenvalue weighted by Crippen LogP contribution is 2.57. The van der Waals surface area contributed by atoms with Gasteiger partial charge in [0.05, 0.1) is 0 Å². The zero-order chi connectivity index (χ0) is 54.1. The Morgan fingerprint density at radius 2 is 0.831 bits per heavy atom. The molecule has 13 rings (SSSR count). The Morgan fingerprint density at radius 3 is 1.39 bits per heavy atom. The van der Waals surface area contributed by atoms with Crippen molar-refractivity contribution in [1.29, 1.82) is 0 Å². The first kappa shape index (κ1) is 50.0. The van der Waals surface area contributed by atoms with Crippen LogP contribution < -0.4 is 26.2 Å². The van der Waals surface area contributed by atoms with Crippen LogP contribution in [0.1, 0.15) is 189 Å². The third-order valence-electron chi connectivity index (χ3n) is 19.9. The summed E-state index contributed by atoms with van der Waals surface area (Å²) in [6, 6.07) is 64.7. The Balaban J connectivity index is 1.19. The van der Waals surface area contributed by atoms with E-state index in [2.05, 4.69) is 277 Å². The summed E-state index contributed by atoms with van der Waals surface area (Å²) in [5, 5.41) is 0. The van der Waals surface area contributed by atoms with E-state index < -0.39 is 0 Å². The summed E-state index contributed by atoms with van der Waals surface area (Å²) < 4.78 is 0. The molecular formula is C74H79BN2. The minimum Gasteiger partial charge on any atom is -0.311 e. The monoisotopic (exact) mass is 1010 g/mol. The Bertz CT molecular complexity index is 3680. The van der Waals surface area contributed by atoms with Gasteiger partial charge in [0.25, 0.3) is 6.71 Å². The summed E-state index contributed by atoms with van der Waals surface area (Å²) in [6.07, 6.45) is 3.34. The van der Waals surface area contributed by atoms with Gasteiger partial charge in [-0.1, -0.05) is 218 Å². The number of hydrogen-bond donors (Lipinski definition) is 0. The lowest BCUT2D eigenvalue weighted by atomic mass is 9.33. The van der Waals surface area contributed by atoms with E-state index in [1.807, 2.05) is 0 Å². The first-order valence-electron chi connectivity index (χ1n) is 28.9. The van der Waals surface area contributed by atoms with Gasteiger partial charge in [0, 0.05) is 45.5 Å². The van der Waals surface area contributed by atoms with Gasteiger partial charge in [0.2, 0.25) is 0 Å². The van der Waals surface area contributed by atoms with Crippen LogP contribution >= 0.6 is 0 Å². The minimum absolute atomic E-state index is 0.00157. The summed E-state index contributed by atoms with van der Waals surface area (Å²) >= 11 is 0. The number of rotatable bonds is 7. The van der Waals surface area contributed by atoms with Crippen molar-refractivity contribution in [3.05, 3.63) is 231 Å². The largest absolute Gasteiger partial charge is 0.311 e. The van der Waals surface area contributed by atoms with Crippen LogP contribution in [0.3, 0.4) is 0 Å². The van der Waals surface area contributed by atoms with Gasteiger partial charge in [-0.15, -0.1) is 0 Å². The Labute approximate surface area is 462 Å². The molecule has 8 aromatic carbocycles.